The molecule has 0 atom stereocenters. The van der Waals surface area contributed by atoms with Crippen molar-refractivity contribution < 1.29 is 0 Å². The van der Waals surface area contributed by atoms with Crippen molar-refractivity contribution in [3.63, 3.8) is 0 Å². The number of guanidine groups is 1. The molecule has 0 saturated heterocycles. The summed E-state index contributed by atoms with van der Waals surface area (Å²) in [4.78, 5) is 12.4. The van der Waals surface area contributed by atoms with Crippen molar-refractivity contribution in [1.29, 1.82) is 0 Å². The molecule has 0 aliphatic heterocycles. The van der Waals surface area contributed by atoms with E-state index >= 15 is 0 Å². The second-order valence-corrected chi connectivity index (χ2v) is 6.86. The summed E-state index contributed by atoms with van der Waals surface area (Å²) in [6, 6.07) is 10.7. The van der Waals surface area contributed by atoms with Gasteiger partial charge in [0.15, 0.2) is 5.96 Å². The van der Waals surface area contributed by atoms with E-state index in [1.54, 1.807) is 0 Å². The number of nitrogens with zero attached hydrogens (tertiary/aromatic N) is 2. The first-order valence-corrected chi connectivity index (χ1v) is 9.66. The Hall–Kier alpha value is -2.82. The SMILES string of the molecule is CCNC(=NCCc1c[nH]c2cc(C)ccc12)NCCc1ccc(C)nc1. The molecule has 0 fully saturated rings. The van der Waals surface area contributed by atoms with Crippen molar-refractivity contribution >= 4 is 16.9 Å². The van der Waals surface area contributed by atoms with Gasteiger partial charge in [-0.1, -0.05) is 18.2 Å². The zero-order valence-corrected chi connectivity index (χ0v) is 16.5. The number of aromatic amines is 1. The molecule has 5 nitrogen and oxygen atoms in total. The van der Waals surface area contributed by atoms with Gasteiger partial charge in [-0.15, -0.1) is 0 Å². The zero-order valence-electron chi connectivity index (χ0n) is 16.5. The fraction of sp³-hybridized carbons (Fsp3) is 0.364. The average molecular weight is 364 g/mol. The number of benzene rings is 1. The summed E-state index contributed by atoms with van der Waals surface area (Å²) in [5.74, 6) is 0.869. The van der Waals surface area contributed by atoms with Gasteiger partial charge in [-0.3, -0.25) is 9.98 Å². The minimum atomic E-state index is 0.752. The third-order valence-corrected chi connectivity index (χ3v) is 4.60. The van der Waals surface area contributed by atoms with Crippen LogP contribution in [0.15, 0.2) is 47.7 Å². The van der Waals surface area contributed by atoms with Crippen LogP contribution in [0.4, 0.5) is 0 Å². The first-order valence-electron chi connectivity index (χ1n) is 9.66. The fourth-order valence-corrected chi connectivity index (χ4v) is 3.11. The van der Waals surface area contributed by atoms with Gasteiger partial charge >= 0.3 is 0 Å². The van der Waals surface area contributed by atoms with Crippen LogP contribution in [0.2, 0.25) is 0 Å². The van der Waals surface area contributed by atoms with Crippen molar-refractivity contribution in [2.24, 2.45) is 4.99 Å². The van der Waals surface area contributed by atoms with Crippen LogP contribution in [-0.2, 0) is 12.8 Å². The number of rotatable bonds is 7. The summed E-state index contributed by atoms with van der Waals surface area (Å²) in [5.41, 5.74) is 6.07. The molecular weight excluding hydrogens is 334 g/mol. The van der Waals surface area contributed by atoms with E-state index in [1.165, 1.54) is 27.6 Å². The topological polar surface area (TPSA) is 65.1 Å². The largest absolute Gasteiger partial charge is 0.361 e. The Kier molecular flexibility index (Phi) is 6.47. The third-order valence-electron chi connectivity index (χ3n) is 4.60. The highest BCUT2D eigenvalue weighted by Gasteiger charge is 2.04. The maximum Gasteiger partial charge on any atom is 0.191 e. The van der Waals surface area contributed by atoms with Crippen molar-refractivity contribution in [1.82, 2.24) is 20.6 Å². The Labute approximate surface area is 161 Å². The van der Waals surface area contributed by atoms with Gasteiger partial charge in [0, 0.05) is 48.6 Å². The molecule has 0 amide bonds. The van der Waals surface area contributed by atoms with Crippen LogP contribution in [-0.4, -0.2) is 35.6 Å². The lowest BCUT2D eigenvalue weighted by atomic mass is 10.1. The van der Waals surface area contributed by atoms with Crippen molar-refractivity contribution in [2.75, 3.05) is 19.6 Å². The van der Waals surface area contributed by atoms with Gasteiger partial charge in [0.25, 0.3) is 0 Å². The van der Waals surface area contributed by atoms with E-state index in [1.807, 2.05) is 13.1 Å². The molecule has 0 aliphatic carbocycles. The van der Waals surface area contributed by atoms with Crippen LogP contribution in [0.25, 0.3) is 10.9 Å². The number of H-pyrrole nitrogens is 1. The molecule has 3 aromatic rings. The van der Waals surface area contributed by atoms with Crippen molar-refractivity contribution in [3.05, 3.63) is 65.1 Å². The van der Waals surface area contributed by atoms with Crippen molar-refractivity contribution in [2.45, 2.75) is 33.6 Å². The number of hydrogen-bond acceptors (Lipinski definition) is 2. The second-order valence-electron chi connectivity index (χ2n) is 6.86. The van der Waals surface area contributed by atoms with E-state index in [9.17, 15) is 0 Å². The van der Waals surface area contributed by atoms with Gasteiger partial charge in [0.05, 0.1) is 0 Å². The number of hydrogen-bond donors (Lipinski definition) is 3. The highest BCUT2D eigenvalue weighted by molar-refractivity contribution is 5.84. The monoisotopic (exact) mass is 363 g/mol. The smallest absolute Gasteiger partial charge is 0.191 e. The quantitative estimate of drug-likeness (QED) is 0.444. The Morgan fingerprint density at radius 3 is 2.78 bits per heavy atom. The van der Waals surface area contributed by atoms with E-state index in [2.05, 4.69) is 71.0 Å². The maximum absolute atomic E-state index is 4.72. The molecule has 5 heteroatoms. The summed E-state index contributed by atoms with van der Waals surface area (Å²) in [5, 5.41) is 8.02. The van der Waals surface area contributed by atoms with Crippen LogP contribution in [0.1, 0.15) is 29.3 Å². The van der Waals surface area contributed by atoms with Crippen LogP contribution >= 0.6 is 0 Å². The minimum absolute atomic E-state index is 0.752. The number of fused-ring (bicyclic) bond motifs is 1. The summed E-state index contributed by atoms with van der Waals surface area (Å²) in [6.45, 7) is 8.65. The normalized spacial score (nSPS) is 11.7. The van der Waals surface area contributed by atoms with Gasteiger partial charge in [-0.2, -0.15) is 0 Å². The molecule has 0 saturated carbocycles. The third kappa shape index (κ3) is 5.33. The van der Waals surface area contributed by atoms with E-state index in [-0.39, 0.29) is 0 Å². The predicted molar refractivity (Wildman–Crippen MR) is 113 cm³/mol. The number of pyridine rings is 1. The Balaban J connectivity index is 1.54. The molecule has 1 aromatic carbocycles. The molecule has 0 unspecified atom stereocenters. The minimum Gasteiger partial charge on any atom is -0.361 e. The lowest BCUT2D eigenvalue weighted by Crippen LogP contribution is -2.38. The van der Waals surface area contributed by atoms with Gasteiger partial charge in [-0.05, 0) is 62.4 Å². The number of aryl methyl sites for hydroxylation is 2. The maximum atomic E-state index is 4.72. The number of aliphatic imine (C=N–C) groups is 1. The van der Waals surface area contributed by atoms with Crippen LogP contribution < -0.4 is 10.6 Å². The highest BCUT2D eigenvalue weighted by Crippen LogP contribution is 2.19. The Morgan fingerprint density at radius 1 is 1.11 bits per heavy atom. The summed E-state index contributed by atoms with van der Waals surface area (Å²) < 4.78 is 0. The summed E-state index contributed by atoms with van der Waals surface area (Å²) in [7, 11) is 0. The first-order chi connectivity index (χ1) is 13.2. The predicted octanol–water partition coefficient (Wildman–Crippen LogP) is 3.52. The number of aromatic nitrogens is 2. The summed E-state index contributed by atoms with van der Waals surface area (Å²) in [6.07, 6.45) is 5.89. The fourth-order valence-electron chi connectivity index (χ4n) is 3.11. The van der Waals surface area contributed by atoms with Crippen LogP contribution in [0.5, 0.6) is 0 Å². The lowest BCUT2D eigenvalue weighted by Gasteiger charge is -2.11. The van der Waals surface area contributed by atoms with Gasteiger partial charge in [0.2, 0.25) is 0 Å². The second kappa shape index (κ2) is 9.21. The Morgan fingerprint density at radius 2 is 2.00 bits per heavy atom. The average Bonchev–Trinajstić information content (AvgIpc) is 3.05. The lowest BCUT2D eigenvalue weighted by molar-refractivity contribution is 0.795. The number of nitrogens with one attached hydrogen (secondary N) is 3. The van der Waals surface area contributed by atoms with Gasteiger partial charge in [0.1, 0.15) is 0 Å². The molecule has 2 aromatic heterocycles. The van der Waals surface area contributed by atoms with E-state index in [0.29, 0.717) is 0 Å². The van der Waals surface area contributed by atoms with E-state index in [4.69, 9.17) is 4.99 Å². The molecule has 0 radical (unpaired) electrons. The molecule has 0 bridgehead atoms. The molecule has 0 spiro atoms. The zero-order chi connectivity index (χ0) is 19.1. The van der Waals surface area contributed by atoms with Gasteiger partial charge < -0.3 is 15.6 Å². The molecule has 3 rings (SSSR count). The van der Waals surface area contributed by atoms with Crippen LogP contribution in [0.3, 0.4) is 0 Å². The molecular formula is C22H29N5. The van der Waals surface area contributed by atoms with E-state index < -0.39 is 0 Å². The first kappa shape index (κ1) is 19.0. The van der Waals surface area contributed by atoms with Crippen molar-refractivity contribution in [3.8, 4) is 0 Å². The standard InChI is InChI=1S/C22H29N5/c1-4-23-22(24-11-9-18-7-6-17(3)26-14-18)25-12-10-19-15-27-21-13-16(2)5-8-20(19)21/h5-8,13-15,27H,4,9-12H2,1-3H3,(H2,23,24,25). The van der Waals surface area contributed by atoms with Crippen LogP contribution in [0, 0.1) is 13.8 Å². The molecule has 3 N–H and O–H groups in total. The van der Waals surface area contributed by atoms with Gasteiger partial charge in [-0.25, -0.2) is 0 Å². The van der Waals surface area contributed by atoms with E-state index in [0.717, 1.165) is 44.1 Å². The highest BCUT2D eigenvalue weighted by atomic mass is 15.2. The molecule has 142 valence electrons. The summed E-state index contributed by atoms with van der Waals surface area (Å²) >= 11 is 0. The molecule has 2 heterocycles. The Bertz CT molecular complexity index is 893. The molecule has 0 aliphatic rings. The molecule has 27 heavy (non-hydrogen) atoms.